The van der Waals surface area contributed by atoms with Gasteiger partial charge in [0.25, 0.3) is 0 Å². The average Bonchev–Trinajstić information content (AvgIpc) is 3.41. The van der Waals surface area contributed by atoms with E-state index in [2.05, 4.69) is 37.9 Å². The Bertz CT molecular complexity index is 877. The van der Waals surface area contributed by atoms with Crippen molar-refractivity contribution < 1.29 is 9.53 Å². The van der Waals surface area contributed by atoms with E-state index in [1.165, 1.54) is 0 Å². The third-order valence-corrected chi connectivity index (χ3v) is 5.43. The Morgan fingerprint density at radius 2 is 2.04 bits per heavy atom. The van der Waals surface area contributed by atoms with Crippen molar-refractivity contribution in [2.24, 2.45) is 0 Å². The maximum absolute atomic E-state index is 12.4. The molecule has 9 heteroatoms. The van der Waals surface area contributed by atoms with E-state index in [0.29, 0.717) is 25.6 Å². The number of carbonyl (C=O) groups excluding carboxylic acids is 1. The van der Waals surface area contributed by atoms with Gasteiger partial charge in [-0.2, -0.15) is 11.3 Å². The van der Waals surface area contributed by atoms with Crippen molar-refractivity contribution >= 4 is 17.2 Å². The van der Waals surface area contributed by atoms with Crippen LogP contribution in [-0.2, 0) is 22.6 Å². The van der Waals surface area contributed by atoms with Gasteiger partial charge in [0.15, 0.2) is 5.82 Å². The topological polar surface area (TPSA) is 85.2 Å². The molecule has 0 saturated carbocycles. The summed E-state index contributed by atoms with van der Waals surface area (Å²) in [6.07, 6.45) is 0. The predicted octanol–water partition coefficient (Wildman–Crippen LogP) is 1.47. The smallest absolute Gasteiger partial charge is 0.242 e. The number of nitrogens with one attached hydrogen (secondary N) is 1. The van der Waals surface area contributed by atoms with E-state index in [0.717, 1.165) is 24.2 Å². The molecule has 1 N–H and O–H groups in total. The van der Waals surface area contributed by atoms with Crippen LogP contribution in [0.1, 0.15) is 23.0 Å². The van der Waals surface area contributed by atoms with Crippen molar-refractivity contribution in [1.29, 1.82) is 0 Å². The highest BCUT2D eigenvalue weighted by Gasteiger charge is 2.29. The molecule has 28 heavy (non-hydrogen) atoms. The van der Waals surface area contributed by atoms with Gasteiger partial charge in [0.1, 0.15) is 6.54 Å². The van der Waals surface area contributed by atoms with Crippen LogP contribution in [0.2, 0.25) is 0 Å². The zero-order valence-corrected chi connectivity index (χ0v) is 16.2. The first-order valence-electron chi connectivity index (χ1n) is 9.22. The van der Waals surface area contributed by atoms with Gasteiger partial charge in [0, 0.05) is 19.6 Å². The molecular formula is C19H22N6O2S. The molecule has 146 valence electrons. The zero-order valence-electron chi connectivity index (χ0n) is 15.4. The SMILES string of the molecule is O=C(Cn1nnnc1C(c1ccccc1)N1CCOCC1)NCc1ccsc1. The minimum atomic E-state index is -0.121. The number of nitrogens with zero attached hydrogens (tertiary/aromatic N) is 5. The van der Waals surface area contributed by atoms with E-state index in [4.69, 9.17) is 4.74 Å². The molecule has 1 aliphatic heterocycles. The number of benzene rings is 1. The lowest BCUT2D eigenvalue weighted by Gasteiger charge is -2.33. The van der Waals surface area contributed by atoms with Crippen LogP contribution in [0.3, 0.4) is 0 Å². The Morgan fingerprint density at radius 1 is 1.21 bits per heavy atom. The van der Waals surface area contributed by atoms with Crippen molar-refractivity contribution in [3.8, 4) is 0 Å². The summed E-state index contributed by atoms with van der Waals surface area (Å²) in [6, 6.07) is 12.0. The molecule has 0 radical (unpaired) electrons. The van der Waals surface area contributed by atoms with Crippen molar-refractivity contribution in [3.63, 3.8) is 0 Å². The molecule has 0 aliphatic carbocycles. The summed E-state index contributed by atoms with van der Waals surface area (Å²) in [5.74, 6) is 0.548. The van der Waals surface area contributed by atoms with Crippen LogP contribution in [0.5, 0.6) is 0 Å². The molecule has 1 saturated heterocycles. The molecule has 0 spiro atoms. The van der Waals surface area contributed by atoms with Gasteiger partial charge in [0.2, 0.25) is 5.91 Å². The van der Waals surface area contributed by atoms with Crippen LogP contribution in [0.15, 0.2) is 47.2 Å². The normalized spacial score (nSPS) is 16.0. The molecular weight excluding hydrogens is 376 g/mol. The van der Waals surface area contributed by atoms with Gasteiger partial charge in [-0.05, 0) is 38.4 Å². The van der Waals surface area contributed by atoms with Crippen molar-refractivity contribution in [2.45, 2.75) is 19.1 Å². The highest BCUT2D eigenvalue weighted by Crippen LogP contribution is 2.27. The molecule has 0 bridgehead atoms. The number of tetrazole rings is 1. The fraction of sp³-hybridized carbons (Fsp3) is 0.368. The molecule has 4 rings (SSSR count). The number of rotatable bonds is 7. The Kier molecular flexibility index (Phi) is 6.05. The van der Waals surface area contributed by atoms with Crippen LogP contribution in [-0.4, -0.2) is 57.3 Å². The Balaban J connectivity index is 1.52. The van der Waals surface area contributed by atoms with E-state index in [1.807, 2.05) is 35.0 Å². The minimum absolute atomic E-state index is 0.0835. The van der Waals surface area contributed by atoms with Gasteiger partial charge in [-0.3, -0.25) is 9.69 Å². The van der Waals surface area contributed by atoms with Gasteiger partial charge in [-0.25, -0.2) is 4.68 Å². The average molecular weight is 398 g/mol. The Hall–Kier alpha value is -2.62. The predicted molar refractivity (Wildman–Crippen MR) is 105 cm³/mol. The molecule has 1 unspecified atom stereocenters. The molecule has 3 aromatic rings. The number of amides is 1. The van der Waals surface area contributed by atoms with Gasteiger partial charge in [-0.15, -0.1) is 5.10 Å². The zero-order chi connectivity index (χ0) is 19.2. The Morgan fingerprint density at radius 3 is 2.79 bits per heavy atom. The first kappa shape index (κ1) is 18.7. The molecule has 1 aliphatic rings. The van der Waals surface area contributed by atoms with Crippen molar-refractivity contribution in [1.82, 2.24) is 30.4 Å². The fourth-order valence-corrected chi connectivity index (χ4v) is 3.97. The minimum Gasteiger partial charge on any atom is -0.379 e. The van der Waals surface area contributed by atoms with Crippen LogP contribution in [0.25, 0.3) is 0 Å². The van der Waals surface area contributed by atoms with Crippen molar-refractivity contribution in [3.05, 3.63) is 64.1 Å². The summed E-state index contributed by atoms with van der Waals surface area (Å²) in [4.78, 5) is 14.7. The van der Waals surface area contributed by atoms with E-state index in [9.17, 15) is 4.79 Å². The monoisotopic (exact) mass is 398 g/mol. The van der Waals surface area contributed by atoms with Gasteiger partial charge < -0.3 is 10.1 Å². The highest BCUT2D eigenvalue weighted by molar-refractivity contribution is 7.07. The summed E-state index contributed by atoms with van der Waals surface area (Å²) in [7, 11) is 0. The van der Waals surface area contributed by atoms with E-state index >= 15 is 0 Å². The van der Waals surface area contributed by atoms with Gasteiger partial charge in [0.05, 0.1) is 19.3 Å². The molecule has 8 nitrogen and oxygen atoms in total. The largest absolute Gasteiger partial charge is 0.379 e. The highest BCUT2D eigenvalue weighted by atomic mass is 32.1. The lowest BCUT2D eigenvalue weighted by molar-refractivity contribution is -0.122. The molecule has 1 aromatic carbocycles. The molecule has 1 fully saturated rings. The summed E-state index contributed by atoms with van der Waals surface area (Å²) in [5.41, 5.74) is 2.19. The second kappa shape index (κ2) is 9.05. The number of carbonyl (C=O) groups is 1. The fourth-order valence-electron chi connectivity index (χ4n) is 3.30. The second-order valence-corrected chi connectivity index (χ2v) is 7.34. The maximum atomic E-state index is 12.4. The standard InChI is InChI=1S/C19H22N6O2S/c26-17(20-12-15-6-11-28-14-15)13-25-19(21-22-23-25)18(16-4-2-1-3-5-16)24-7-9-27-10-8-24/h1-6,11,14,18H,7-10,12-13H2,(H,20,26). The maximum Gasteiger partial charge on any atom is 0.242 e. The van der Waals surface area contributed by atoms with Crippen LogP contribution in [0, 0.1) is 0 Å². The third-order valence-electron chi connectivity index (χ3n) is 4.69. The first-order chi connectivity index (χ1) is 13.8. The lowest BCUT2D eigenvalue weighted by Crippen LogP contribution is -2.41. The van der Waals surface area contributed by atoms with Crippen LogP contribution in [0.4, 0.5) is 0 Å². The Labute approximate surface area is 167 Å². The molecule has 1 atom stereocenters. The van der Waals surface area contributed by atoms with Crippen LogP contribution >= 0.6 is 11.3 Å². The number of hydrogen-bond donors (Lipinski definition) is 1. The van der Waals surface area contributed by atoms with Gasteiger partial charge in [-0.1, -0.05) is 30.3 Å². The summed E-state index contributed by atoms with van der Waals surface area (Å²) in [5, 5.41) is 19.1. The number of ether oxygens (including phenoxy) is 1. The van der Waals surface area contributed by atoms with Crippen molar-refractivity contribution in [2.75, 3.05) is 26.3 Å². The summed E-state index contributed by atoms with van der Waals surface area (Å²) >= 11 is 1.61. The third kappa shape index (κ3) is 4.44. The second-order valence-electron chi connectivity index (χ2n) is 6.56. The molecule has 1 amide bonds. The van der Waals surface area contributed by atoms with Crippen LogP contribution < -0.4 is 5.32 Å². The number of thiophene rings is 1. The molecule has 3 heterocycles. The van der Waals surface area contributed by atoms with Gasteiger partial charge >= 0.3 is 0 Å². The molecule has 2 aromatic heterocycles. The number of aromatic nitrogens is 4. The number of morpholine rings is 1. The summed E-state index contributed by atoms with van der Waals surface area (Å²) < 4.78 is 7.10. The van der Waals surface area contributed by atoms with E-state index in [1.54, 1.807) is 16.0 Å². The number of hydrogen-bond acceptors (Lipinski definition) is 7. The lowest BCUT2D eigenvalue weighted by atomic mass is 10.0. The first-order valence-corrected chi connectivity index (χ1v) is 10.2. The summed E-state index contributed by atoms with van der Waals surface area (Å²) in [6.45, 7) is 3.51. The van der Waals surface area contributed by atoms with E-state index in [-0.39, 0.29) is 18.5 Å². The quantitative estimate of drug-likeness (QED) is 0.649. The van der Waals surface area contributed by atoms with E-state index < -0.39 is 0 Å².